The SMILES string of the molecule is COc1ccc([C@@H]2c3ccc4ccccc4c3Oc3ncn(CCCN(C)C)c(=N)c32)cc1. The van der Waals surface area contributed by atoms with E-state index in [1.807, 2.05) is 28.8 Å². The van der Waals surface area contributed by atoms with Crippen LogP contribution in [0.15, 0.2) is 67.0 Å². The lowest BCUT2D eigenvalue weighted by Gasteiger charge is -2.29. The largest absolute Gasteiger partial charge is 0.497 e. The molecule has 0 radical (unpaired) electrons. The van der Waals surface area contributed by atoms with Gasteiger partial charge in [0.05, 0.1) is 12.7 Å². The maximum Gasteiger partial charge on any atom is 0.228 e. The van der Waals surface area contributed by atoms with Crippen LogP contribution in [0.3, 0.4) is 0 Å². The number of hydrogen-bond donors (Lipinski definition) is 1. The normalized spacial score (nSPS) is 14.6. The van der Waals surface area contributed by atoms with Crippen LogP contribution in [0.5, 0.6) is 17.4 Å². The highest BCUT2D eigenvalue weighted by Crippen LogP contribution is 2.47. The summed E-state index contributed by atoms with van der Waals surface area (Å²) < 4.78 is 13.7. The molecule has 1 aliphatic rings. The Morgan fingerprint density at radius 2 is 1.85 bits per heavy atom. The molecule has 0 saturated heterocycles. The number of rotatable bonds is 6. The van der Waals surface area contributed by atoms with Gasteiger partial charge in [0, 0.05) is 23.4 Å². The minimum atomic E-state index is -0.152. The second-order valence-electron chi connectivity index (χ2n) is 8.68. The molecule has 33 heavy (non-hydrogen) atoms. The third-order valence-corrected chi connectivity index (χ3v) is 6.25. The van der Waals surface area contributed by atoms with Crippen LogP contribution in [0.1, 0.15) is 29.0 Å². The van der Waals surface area contributed by atoms with Gasteiger partial charge < -0.3 is 18.9 Å². The van der Waals surface area contributed by atoms with Crippen LogP contribution < -0.4 is 15.0 Å². The Kier molecular flexibility index (Phi) is 5.60. The molecule has 0 unspecified atom stereocenters. The molecular formula is C27H28N4O2. The first-order valence-corrected chi connectivity index (χ1v) is 11.2. The smallest absolute Gasteiger partial charge is 0.228 e. The van der Waals surface area contributed by atoms with E-state index >= 15 is 0 Å². The van der Waals surface area contributed by atoms with Crippen LogP contribution in [0, 0.1) is 5.41 Å². The highest BCUT2D eigenvalue weighted by molar-refractivity contribution is 5.91. The fourth-order valence-electron chi connectivity index (χ4n) is 4.57. The number of nitrogens with one attached hydrogen (secondary N) is 1. The van der Waals surface area contributed by atoms with Crippen molar-refractivity contribution < 1.29 is 9.47 Å². The Hall–Kier alpha value is -3.64. The molecule has 0 amide bonds. The van der Waals surface area contributed by atoms with Crippen LogP contribution in [0.2, 0.25) is 0 Å². The number of aromatic nitrogens is 2. The van der Waals surface area contributed by atoms with E-state index in [4.69, 9.17) is 14.9 Å². The average molecular weight is 441 g/mol. The summed E-state index contributed by atoms with van der Waals surface area (Å²) in [6, 6.07) is 20.6. The van der Waals surface area contributed by atoms with Crippen molar-refractivity contribution in [3.05, 3.63) is 89.2 Å². The lowest BCUT2D eigenvalue weighted by molar-refractivity contribution is 0.379. The van der Waals surface area contributed by atoms with Crippen LogP contribution in [-0.4, -0.2) is 42.2 Å². The van der Waals surface area contributed by atoms with Gasteiger partial charge in [0.25, 0.3) is 0 Å². The summed E-state index contributed by atoms with van der Waals surface area (Å²) in [5.41, 5.74) is 3.37. The summed E-state index contributed by atoms with van der Waals surface area (Å²) >= 11 is 0. The molecule has 6 heteroatoms. The summed E-state index contributed by atoms with van der Waals surface area (Å²) in [6.45, 7) is 1.69. The topological polar surface area (TPSA) is 63.4 Å². The van der Waals surface area contributed by atoms with Gasteiger partial charge in [0.1, 0.15) is 23.3 Å². The molecule has 0 fully saturated rings. The van der Waals surface area contributed by atoms with Crippen molar-refractivity contribution in [1.29, 1.82) is 5.41 Å². The fourth-order valence-corrected chi connectivity index (χ4v) is 4.57. The number of nitrogens with zero attached hydrogens (tertiary/aromatic N) is 3. The molecule has 1 atom stereocenters. The summed E-state index contributed by atoms with van der Waals surface area (Å²) in [5, 5.41) is 11.2. The van der Waals surface area contributed by atoms with E-state index in [1.54, 1.807) is 13.4 Å². The van der Waals surface area contributed by atoms with Gasteiger partial charge in [-0.05, 0) is 50.1 Å². The zero-order valence-corrected chi connectivity index (χ0v) is 19.2. The monoisotopic (exact) mass is 440 g/mol. The Bertz CT molecular complexity index is 1360. The number of aryl methyl sites for hydroxylation is 1. The summed E-state index contributed by atoms with van der Waals surface area (Å²) in [4.78, 5) is 6.83. The molecule has 1 aromatic heterocycles. The number of ether oxygens (including phenoxy) is 2. The van der Waals surface area contributed by atoms with Crippen LogP contribution in [-0.2, 0) is 6.54 Å². The van der Waals surface area contributed by atoms with E-state index in [-0.39, 0.29) is 5.92 Å². The van der Waals surface area contributed by atoms with Gasteiger partial charge in [-0.1, -0.05) is 48.5 Å². The van der Waals surface area contributed by atoms with Crippen molar-refractivity contribution in [2.75, 3.05) is 27.7 Å². The molecule has 0 bridgehead atoms. The van der Waals surface area contributed by atoms with Gasteiger partial charge in [-0.25, -0.2) is 4.98 Å². The first-order valence-electron chi connectivity index (χ1n) is 11.2. The maximum atomic E-state index is 9.08. The number of methoxy groups -OCH3 is 1. The van der Waals surface area contributed by atoms with Gasteiger partial charge in [0.15, 0.2) is 0 Å². The van der Waals surface area contributed by atoms with Crippen molar-refractivity contribution in [3.8, 4) is 17.4 Å². The van der Waals surface area contributed by atoms with Crippen LogP contribution in [0.25, 0.3) is 10.8 Å². The predicted octanol–water partition coefficient (Wildman–Crippen LogP) is 4.76. The third kappa shape index (κ3) is 3.87. The lowest BCUT2D eigenvalue weighted by Crippen LogP contribution is -2.30. The molecule has 3 aromatic carbocycles. The number of benzene rings is 3. The molecule has 168 valence electrons. The third-order valence-electron chi connectivity index (χ3n) is 6.25. The van der Waals surface area contributed by atoms with E-state index < -0.39 is 0 Å². The van der Waals surface area contributed by atoms with E-state index in [0.29, 0.717) is 11.4 Å². The van der Waals surface area contributed by atoms with Gasteiger partial charge >= 0.3 is 0 Å². The number of hydrogen-bond acceptors (Lipinski definition) is 5. The second kappa shape index (κ2) is 8.71. The van der Waals surface area contributed by atoms with E-state index in [9.17, 15) is 0 Å². The quantitative estimate of drug-likeness (QED) is 0.413. The van der Waals surface area contributed by atoms with Gasteiger partial charge in [-0.15, -0.1) is 0 Å². The molecule has 5 rings (SSSR count). The molecule has 0 spiro atoms. The Labute approximate surface area is 193 Å². The number of fused-ring (bicyclic) bond motifs is 4. The first-order chi connectivity index (χ1) is 16.1. The van der Waals surface area contributed by atoms with Crippen molar-refractivity contribution >= 4 is 10.8 Å². The zero-order chi connectivity index (χ0) is 22.9. The average Bonchev–Trinajstić information content (AvgIpc) is 2.84. The van der Waals surface area contributed by atoms with Crippen LogP contribution in [0.4, 0.5) is 0 Å². The summed E-state index contributed by atoms with van der Waals surface area (Å²) in [7, 11) is 5.79. The van der Waals surface area contributed by atoms with Crippen LogP contribution >= 0.6 is 0 Å². The van der Waals surface area contributed by atoms with Crippen molar-refractivity contribution in [2.24, 2.45) is 0 Å². The van der Waals surface area contributed by atoms with Gasteiger partial charge in [0.2, 0.25) is 5.88 Å². The highest BCUT2D eigenvalue weighted by Gasteiger charge is 2.33. The first kappa shape index (κ1) is 21.2. The zero-order valence-electron chi connectivity index (χ0n) is 19.2. The summed E-state index contributed by atoms with van der Waals surface area (Å²) in [6.07, 6.45) is 2.68. The van der Waals surface area contributed by atoms with E-state index in [0.717, 1.165) is 58.5 Å². The van der Waals surface area contributed by atoms with Crippen molar-refractivity contribution in [3.63, 3.8) is 0 Å². The highest BCUT2D eigenvalue weighted by atomic mass is 16.5. The van der Waals surface area contributed by atoms with E-state index in [1.165, 1.54) is 0 Å². The molecule has 0 aliphatic carbocycles. The summed E-state index contributed by atoms with van der Waals surface area (Å²) in [5.74, 6) is 1.98. The Morgan fingerprint density at radius 1 is 1.06 bits per heavy atom. The Balaban J connectivity index is 1.68. The molecule has 6 nitrogen and oxygen atoms in total. The lowest BCUT2D eigenvalue weighted by atomic mass is 9.83. The standard InChI is InChI=1S/C27H28N4O2/c1-30(2)15-6-16-31-17-29-27-24(26(31)28)23(19-9-12-20(32-3)13-10-19)22-14-11-18-7-4-5-8-21(18)25(22)33-27/h4-5,7-14,17,23,28H,6,15-16H2,1-3H3/t23-/m1/s1. The van der Waals surface area contributed by atoms with Crippen molar-refractivity contribution in [1.82, 2.24) is 14.5 Å². The fraction of sp³-hybridized carbons (Fsp3) is 0.259. The molecule has 2 heterocycles. The molecule has 4 aromatic rings. The second-order valence-corrected chi connectivity index (χ2v) is 8.68. The Morgan fingerprint density at radius 3 is 2.61 bits per heavy atom. The van der Waals surface area contributed by atoms with E-state index in [2.05, 4.69) is 60.4 Å². The molecular weight excluding hydrogens is 412 g/mol. The van der Waals surface area contributed by atoms with Gasteiger partial charge in [-0.2, -0.15) is 0 Å². The maximum absolute atomic E-state index is 9.08. The molecule has 0 saturated carbocycles. The predicted molar refractivity (Wildman–Crippen MR) is 129 cm³/mol. The van der Waals surface area contributed by atoms with Crippen molar-refractivity contribution in [2.45, 2.75) is 18.9 Å². The minimum absolute atomic E-state index is 0.152. The molecule has 1 aliphatic heterocycles. The minimum Gasteiger partial charge on any atom is -0.497 e. The van der Waals surface area contributed by atoms with Gasteiger partial charge in [-0.3, -0.25) is 5.41 Å². The molecule has 1 N–H and O–H groups in total.